The van der Waals surface area contributed by atoms with Gasteiger partial charge in [-0.25, -0.2) is 13.9 Å². The molecule has 1 heterocycles. The summed E-state index contributed by atoms with van der Waals surface area (Å²) in [6.07, 6.45) is 4.82. The molecule has 0 spiro atoms. The van der Waals surface area contributed by atoms with Crippen LogP contribution in [0.3, 0.4) is 0 Å². The van der Waals surface area contributed by atoms with E-state index in [1.165, 1.54) is 17.0 Å². The first-order valence-corrected chi connectivity index (χ1v) is 8.00. The molecule has 1 aromatic heterocycles. The van der Waals surface area contributed by atoms with Crippen LogP contribution in [0.25, 0.3) is 11.8 Å². The molecule has 1 aliphatic rings. The highest BCUT2D eigenvalue weighted by molar-refractivity contribution is 5.70. The molecule has 1 aliphatic carbocycles. The van der Waals surface area contributed by atoms with Crippen LogP contribution in [0.1, 0.15) is 25.1 Å². The number of hydrogen-bond donors (Lipinski definition) is 1. The van der Waals surface area contributed by atoms with Crippen LogP contribution in [-0.4, -0.2) is 38.0 Å². The molecule has 25 heavy (non-hydrogen) atoms. The second-order valence-electron chi connectivity index (χ2n) is 6.40. The van der Waals surface area contributed by atoms with E-state index in [-0.39, 0.29) is 12.4 Å². The van der Waals surface area contributed by atoms with Gasteiger partial charge in [-0.15, -0.1) is 6.58 Å². The Morgan fingerprint density at radius 3 is 2.76 bits per heavy atom. The van der Waals surface area contributed by atoms with Gasteiger partial charge in [0.25, 0.3) is 0 Å². The van der Waals surface area contributed by atoms with Crippen molar-refractivity contribution in [1.29, 1.82) is 0 Å². The number of benzene rings is 1. The Kier molecular flexibility index (Phi) is 4.20. The van der Waals surface area contributed by atoms with E-state index < -0.39 is 11.6 Å². The number of nitrogens with zero attached hydrogens (tertiary/aromatic N) is 3. The van der Waals surface area contributed by atoms with Crippen LogP contribution < -0.4 is 0 Å². The zero-order chi connectivity index (χ0) is 18.2. The third-order valence-corrected chi connectivity index (χ3v) is 4.83. The first-order valence-electron chi connectivity index (χ1n) is 8.00. The van der Waals surface area contributed by atoms with E-state index in [1.54, 1.807) is 29.1 Å². The van der Waals surface area contributed by atoms with Crippen LogP contribution in [0.4, 0.5) is 9.18 Å². The highest BCUT2D eigenvalue weighted by Gasteiger charge is 2.40. The first-order chi connectivity index (χ1) is 11.9. The number of hydrogen-bond acceptors (Lipinski definition) is 2. The van der Waals surface area contributed by atoms with Crippen molar-refractivity contribution in [2.75, 3.05) is 6.54 Å². The maximum absolute atomic E-state index is 13.2. The fourth-order valence-corrected chi connectivity index (χ4v) is 3.27. The first kappa shape index (κ1) is 17.0. The molecule has 1 atom stereocenters. The summed E-state index contributed by atoms with van der Waals surface area (Å²) in [6, 6.07) is 6.12. The number of halogens is 1. The van der Waals surface area contributed by atoms with E-state index in [0.717, 1.165) is 22.5 Å². The Bertz CT molecular complexity index is 854. The maximum atomic E-state index is 13.2. The molecule has 0 radical (unpaired) electrons. The molecule has 3 rings (SSSR count). The van der Waals surface area contributed by atoms with E-state index >= 15 is 0 Å². The maximum Gasteiger partial charge on any atom is 0.408 e. The van der Waals surface area contributed by atoms with E-state index in [9.17, 15) is 14.3 Å². The van der Waals surface area contributed by atoms with E-state index in [4.69, 9.17) is 0 Å². The number of fused-ring (bicyclic) bond motifs is 1. The van der Waals surface area contributed by atoms with Crippen molar-refractivity contribution in [1.82, 2.24) is 14.7 Å². The van der Waals surface area contributed by atoms with Gasteiger partial charge in [-0.3, -0.25) is 4.90 Å². The summed E-state index contributed by atoms with van der Waals surface area (Å²) < 4.78 is 14.9. The summed E-state index contributed by atoms with van der Waals surface area (Å²) in [5.74, 6) is -0.300. The zero-order valence-electron chi connectivity index (χ0n) is 14.2. The molecule has 6 heteroatoms. The molecular weight excluding hydrogens is 321 g/mol. The van der Waals surface area contributed by atoms with Crippen molar-refractivity contribution in [2.24, 2.45) is 0 Å². The topological polar surface area (TPSA) is 58.4 Å². The molecule has 1 aromatic carbocycles. The monoisotopic (exact) mass is 341 g/mol. The molecule has 0 bridgehead atoms. The van der Waals surface area contributed by atoms with Gasteiger partial charge in [0.15, 0.2) is 0 Å². The van der Waals surface area contributed by atoms with Crippen molar-refractivity contribution in [2.45, 2.75) is 25.8 Å². The van der Waals surface area contributed by atoms with Gasteiger partial charge in [0, 0.05) is 18.5 Å². The normalized spacial score (nSPS) is 19.1. The number of rotatable bonds is 4. The van der Waals surface area contributed by atoms with Crippen molar-refractivity contribution in [3.8, 4) is 5.69 Å². The second-order valence-corrected chi connectivity index (χ2v) is 6.40. The van der Waals surface area contributed by atoms with Crippen LogP contribution >= 0.6 is 0 Å². The van der Waals surface area contributed by atoms with Gasteiger partial charge in [0.2, 0.25) is 0 Å². The molecule has 5 nitrogen and oxygen atoms in total. The fraction of sp³-hybridized carbons (Fsp3) is 0.263. The number of aromatic nitrogens is 2. The highest BCUT2D eigenvalue weighted by atomic mass is 19.1. The molecule has 0 saturated heterocycles. The summed E-state index contributed by atoms with van der Waals surface area (Å²) in [5, 5.41) is 14.0. The van der Waals surface area contributed by atoms with Crippen LogP contribution in [-0.2, 0) is 6.42 Å². The molecule has 1 N–H and O–H groups in total. The molecule has 1 amide bonds. The number of amides is 1. The van der Waals surface area contributed by atoms with Crippen LogP contribution in [0, 0.1) is 5.82 Å². The lowest BCUT2D eigenvalue weighted by Crippen LogP contribution is -2.52. The van der Waals surface area contributed by atoms with Crippen LogP contribution in [0.15, 0.2) is 48.7 Å². The molecular formula is C19H20FN3O2. The van der Waals surface area contributed by atoms with Gasteiger partial charge < -0.3 is 5.11 Å². The van der Waals surface area contributed by atoms with Gasteiger partial charge in [-0.2, -0.15) is 5.10 Å². The quantitative estimate of drug-likeness (QED) is 0.858. The standard InChI is InChI=1S/C19H20FN3O2/c1-4-9-22(18(24)25)19(3)11-14-12-21-23(17(14)10-13(19)2)16-7-5-15(20)6-8-16/h4-8,10,12H,1,9,11H2,2-3H3,(H,24,25). The Balaban J connectivity index is 2.04. The Hall–Kier alpha value is -2.89. The SMILES string of the molecule is C=CCN(C(=O)O)C1(C)Cc2cnn(-c3ccc(F)cc3)c2C=C1C. The van der Waals surface area contributed by atoms with Crippen molar-refractivity contribution in [3.63, 3.8) is 0 Å². The van der Waals surface area contributed by atoms with E-state index in [1.807, 2.05) is 19.9 Å². The fourth-order valence-electron chi connectivity index (χ4n) is 3.27. The van der Waals surface area contributed by atoms with Crippen molar-refractivity contribution in [3.05, 3.63) is 65.8 Å². The predicted molar refractivity (Wildman–Crippen MR) is 94.2 cm³/mol. The number of carboxylic acid groups (broad SMARTS) is 1. The smallest absolute Gasteiger partial charge is 0.408 e. The average molecular weight is 341 g/mol. The van der Waals surface area contributed by atoms with Gasteiger partial charge in [0.1, 0.15) is 5.82 Å². The van der Waals surface area contributed by atoms with Gasteiger partial charge in [-0.05, 0) is 49.8 Å². The minimum atomic E-state index is -0.982. The van der Waals surface area contributed by atoms with Crippen LogP contribution in [0.2, 0.25) is 0 Å². The van der Waals surface area contributed by atoms with Crippen molar-refractivity contribution < 1.29 is 14.3 Å². The summed E-state index contributed by atoms with van der Waals surface area (Å²) >= 11 is 0. The minimum Gasteiger partial charge on any atom is -0.465 e. The number of carbonyl (C=O) groups is 1. The minimum absolute atomic E-state index is 0.248. The Morgan fingerprint density at radius 2 is 2.16 bits per heavy atom. The van der Waals surface area contributed by atoms with E-state index in [2.05, 4.69) is 11.7 Å². The van der Waals surface area contributed by atoms with Gasteiger partial charge >= 0.3 is 6.09 Å². The lowest BCUT2D eigenvalue weighted by atomic mass is 9.80. The zero-order valence-corrected chi connectivity index (χ0v) is 14.2. The predicted octanol–water partition coefficient (Wildman–Crippen LogP) is 3.90. The van der Waals surface area contributed by atoms with Crippen LogP contribution in [0.5, 0.6) is 0 Å². The molecule has 0 fully saturated rings. The molecule has 0 saturated carbocycles. The summed E-state index contributed by atoms with van der Waals surface area (Å²) in [7, 11) is 0. The lowest BCUT2D eigenvalue weighted by molar-refractivity contribution is 0.107. The molecule has 2 aromatic rings. The molecule has 1 unspecified atom stereocenters. The third kappa shape index (κ3) is 2.84. The summed E-state index contributed by atoms with van der Waals surface area (Å²) in [5.41, 5.74) is 2.87. The average Bonchev–Trinajstić information content (AvgIpc) is 2.95. The summed E-state index contributed by atoms with van der Waals surface area (Å²) in [4.78, 5) is 13.1. The highest BCUT2D eigenvalue weighted by Crippen LogP contribution is 2.36. The Morgan fingerprint density at radius 1 is 1.48 bits per heavy atom. The van der Waals surface area contributed by atoms with Gasteiger partial charge in [-0.1, -0.05) is 6.08 Å². The summed E-state index contributed by atoms with van der Waals surface area (Å²) in [6.45, 7) is 7.74. The Labute approximate surface area is 145 Å². The van der Waals surface area contributed by atoms with Crippen molar-refractivity contribution >= 4 is 12.2 Å². The molecule has 0 aliphatic heterocycles. The second kappa shape index (κ2) is 6.20. The van der Waals surface area contributed by atoms with E-state index in [0.29, 0.717) is 6.42 Å². The molecule has 130 valence electrons. The largest absolute Gasteiger partial charge is 0.465 e. The lowest BCUT2D eigenvalue weighted by Gasteiger charge is -2.42. The van der Waals surface area contributed by atoms with Gasteiger partial charge in [0.05, 0.1) is 23.1 Å². The third-order valence-electron chi connectivity index (χ3n) is 4.83.